The molecule has 0 aliphatic heterocycles. The molecule has 27 heavy (non-hydrogen) atoms. The summed E-state index contributed by atoms with van der Waals surface area (Å²) in [5.41, 5.74) is 1.40. The lowest BCUT2D eigenvalue weighted by Gasteiger charge is -2.14. The van der Waals surface area contributed by atoms with Gasteiger partial charge < -0.3 is 15.2 Å². The molecular formula is C20H19N3O4. The van der Waals surface area contributed by atoms with E-state index in [4.69, 9.17) is 9.84 Å². The zero-order chi connectivity index (χ0) is 19.2. The first kappa shape index (κ1) is 18.2. The van der Waals surface area contributed by atoms with E-state index in [2.05, 4.69) is 10.4 Å². The number of aromatic carboxylic acids is 1. The van der Waals surface area contributed by atoms with Crippen molar-refractivity contribution in [1.29, 1.82) is 0 Å². The van der Waals surface area contributed by atoms with E-state index in [1.807, 2.05) is 37.3 Å². The van der Waals surface area contributed by atoms with Crippen LogP contribution in [0.3, 0.4) is 0 Å². The monoisotopic (exact) mass is 365 g/mol. The third-order valence-electron chi connectivity index (χ3n) is 3.86. The second-order valence-corrected chi connectivity index (χ2v) is 5.78. The Balaban J connectivity index is 1.99. The van der Waals surface area contributed by atoms with E-state index in [1.54, 1.807) is 12.1 Å². The van der Waals surface area contributed by atoms with Crippen LogP contribution in [0.4, 0.5) is 11.4 Å². The largest absolute Gasteiger partial charge is 0.490 e. The van der Waals surface area contributed by atoms with E-state index in [0.717, 1.165) is 5.56 Å². The molecule has 7 heteroatoms. The Bertz CT molecular complexity index is 1000. The number of benzene rings is 2. The van der Waals surface area contributed by atoms with Gasteiger partial charge in [-0.25, -0.2) is 9.48 Å². The van der Waals surface area contributed by atoms with Gasteiger partial charge in [-0.1, -0.05) is 36.4 Å². The number of aromatic nitrogens is 2. The van der Waals surface area contributed by atoms with Crippen molar-refractivity contribution in [3.63, 3.8) is 0 Å². The fraction of sp³-hybridized carbons (Fsp3) is 0.150. The Morgan fingerprint density at radius 2 is 1.96 bits per heavy atom. The number of hydrogen-bond acceptors (Lipinski definition) is 5. The molecule has 2 N–H and O–H groups in total. The number of nitrogens with zero attached hydrogens (tertiary/aromatic N) is 2. The lowest BCUT2D eigenvalue weighted by molar-refractivity contribution is 0.0697. The van der Waals surface area contributed by atoms with Crippen molar-refractivity contribution < 1.29 is 14.6 Å². The van der Waals surface area contributed by atoms with Crippen LogP contribution in [-0.2, 0) is 6.54 Å². The number of nitrogens with one attached hydrogen (secondary N) is 1. The van der Waals surface area contributed by atoms with Crippen LogP contribution in [0.25, 0.3) is 0 Å². The summed E-state index contributed by atoms with van der Waals surface area (Å²) in [5.74, 6) is -0.729. The Morgan fingerprint density at radius 3 is 2.67 bits per heavy atom. The highest BCUT2D eigenvalue weighted by molar-refractivity contribution is 5.89. The molecule has 1 aromatic heterocycles. The lowest BCUT2D eigenvalue weighted by atomic mass is 10.2. The molecule has 0 aliphatic carbocycles. The van der Waals surface area contributed by atoms with Crippen molar-refractivity contribution in [3.8, 4) is 5.75 Å². The minimum absolute atomic E-state index is 0.122. The molecular weight excluding hydrogens is 346 g/mol. The molecule has 0 atom stereocenters. The Morgan fingerprint density at radius 1 is 1.19 bits per heavy atom. The van der Waals surface area contributed by atoms with Gasteiger partial charge in [0.25, 0.3) is 5.56 Å². The van der Waals surface area contributed by atoms with Crippen molar-refractivity contribution in [2.45, 2.75) is 13.5 Å². The summed E-state index contributed by atoms with van der Waals surface area (Å²) in [5, 5.41) is 16.3. The standard InChI is InChI=1S/C20H19N3O4/c1-2-27-17-12-21-23(13-14-7-4-3-5-8-14)19(24)18(17)22-16-10-6-9-15(11-16)20(25)26/h3-12,22H,2,13H2,1H3,(H,25,26). The van der Waals surface area contributed by atoms with Gasteiger partial charge in [0.05, 0.1) is 24.9 Å². The summed E-state index contributed by atoms with van der Waals surface area (Å²) >= 11 is 0. The Kier molecular flexibility index (Phi) is 5.51. The van der Waals surface area contributed by atoms with Gasteiger partial charge in [0.15, 0.2) is 11.4 Å². The lowest BCUT2D eigenvalue weighted by Crippen LogP contribution is -2.26. The van der Waals surface area contributed by atoms with E-state index in [1.165, 1.54) is 23.0 Å². The van der Waals surface area contributed by atoms with Gasteiger partial charge in [-0.3, -0.25) is 4.79 Å². The molecule has 0 amide bonds. The molecule has 0 saturated carbocycles. The predicted octanol–water partition coefficient (Wildman–Crippen LogP) is 3.13. The van der Waals surface area contributed by atoms with Gasteiger partial charge in [0, 0.05) is 5.69 Å². The summed E-state index contributed by atoms with van der Waals surface area (Å²) in [4.78, 5) is 24.1. The second kappa shape index (κ2) is 8.18. The Hall–Kier alpha value is -3.61. The first-order valence-electron chi connectivity index (χ1n) is 8.45. The van der Waals surface area contributed by atoms with Crippen LogP contribution >= 0.6 is 0 Å². The van der Waals surface area contributed by atoms with Crippen molar-refractivity contribution in [1.82, 2.24) is 9.78 Å². The molecule has 3 rings (SSSR count). The minimum Gasteiger partial charge on any atom is -0.490 e. The quantitative estimate of drug-likeness (QED) is 0.668. The molecule has 0 spiro atoms. The van der Waals surface area contributed by atoms with Crippen LogP contribution < -0.4 is 15.6 Å². The topological polar surface area (TPSA) is 93.5 Å². The fourth-order valence-electron chi connectivity index (χ4n) is 2.60. The van der Waals surface area contributed by atoms with Crippen LogP contribution in [0.2, 0.25) is 0 Å². The highest BCUT2D eigenvalue weighted by Crippen LogP contribution is 2.24. The molecule has 0 aliphatic rings. The maximum atomic E-state index is 12.9. The predicted molar refractivity (Wildman–Crippen MR) is 102 cm³/mol. The van der Waals surface area contributed by atoms with Crippen molar-refractivity contribution in [3.05, 3.63) is 82.3 Å². The van der Waals surface area contributed by atoms with E-state index >= 15 is 0 Å². The first-order valence-corrected chi connectivity index (χ1v) is 8.45. The molecule has 0 fully saturated rings. The molecule has 1 heterocycles. The van der Waals surface area contributed by atoms with E-state index < -0.39 is 5.97 Å². The number of anilines is 2. The van der Waals surface area contributed by atoms with Crippen LogP contribution in [0, 0.1) is 0 Å². The highest BCUT2D eigenvalue weighted by atomic mass is 16.5. The summed E-state index contributed by atoms with van der Waals surface area (Å²) in [7, 11) is 0. The molecule has 138 valence electrons. The van der Waals surface area contributed by atoms with Gasteiger partial charge >= 0.3 is 5.97 Å². The van der Waals surface area contributed by atoms with Crippen molar-refractivity contribution >= 4 is 17.3 Å². The number of hydrogen-bond donors (Lipinski definition) is 2. The summed E-state index contributed by atoms with van der Waals surface area (Å²) in [6, 6.07) is 15.7. The summed E-state index contributed by atoms with van der Waals surface area (Å²) < 4.78 is 6.85. The van der Waals surface area contributed by atoms with Gasteiger partial charge in [0.1, 0.15) is 0 Å². The van der Waals surface area contributed by atoms with Crippen LogP contribution in [-0.4, -0.2) is 27.5 Å². The summed E-state index contributed by atoms with van der Waals surface area (Å²) in [6.07, 6.45) is 1.48. The van der Waals surface area contributed by atoms with E-state index in [-0.39, 0.29) is 16.8 Å². The average Bonchev–Trinajstić information content (AvgIpc) is 2.68. The van der Waals surface area contributed by atoms with Crippen LogP contribution in [0.15, 0.2) is 65.6 Å². The second-order valence-electron chi connectivity index (χ2n) is 5.78. The third-order valence-corrected chi connectivity index (χ3v) is 3.86. The fourth-order valence-corrected chi connectivity index (χ4v) is 2.60. The molecule has 7 nitrogen and oxygen atoms in total. The first-order chi connectivity index (χ1) is 13.1. The van der Waals surface area contributed by atoms with Crippen LogP contribution in [0.5, 0.6) is 5.75 Å². The molecule has 0 radical (unpaired) electrons. The van der Waals surface area contributed by atoms with Gasteiger partial charge in [0.2, 0.25) is 0 Å². The zero-order valence-electron chi connectivity index (χ0n) is 14.8. The van der Waals surface area contributed by atoms with Gasteiger partial charge in [-0.05, 0) is 30.7 Å². The summed E-state index contributed by atoms with van der Waals surface area (Å²) in [6.45, 7) is 2.49. The SMILES string of the molecule is CCOc1cnn(Cc2ccccc2)c(=O)c1Nc1cccc(C(=O)O)c1. The molecule has 0 unspecified atom stereocenters. The molecule has 0 saturated heterocycles. The van der Waals surface area contributed by atoms with Crippen LogP contribution in [0.1, 0.15) is 22.8 Å². The molecule has 0 bridgehead atoms. The zero-order valence-corrected chi connectivity index (χ0v) is 14.8. The van der Waals surface area contributed by atoms with Gasteiger partial charge in [-0.2, -0.15) is 5.10 Å². The van der Waals surface area contributed by atoms with E-state index in [9.17, 15) is 9.59 Å². The van der Waals surface area contributed by atoms with Crippen molar-refractivity contribution in [2.24, 2.45) is 0 Å². The average molecular weight is 365 g/mol. The number of carboxylic acid groups (broad SMARTS) is 1. The van der Waals surface area contributed by atoms with Crippen molar-refractivity contribution in [2.75, 3.05) is 11.9 Å². The Labute approximate surface area is 155 Å². The molecule has 3 aromatic rings. The number of carbonyl (C=O) groups is 1. The maximum Gasteiger partial charge on any atom is 0.335 e. The number of carboxylic acids is 1. The normalized spacial score (nSPS) is 10.4. The van der Waals surface area contributed by atoms with E-state index in [0.29, 0.717) is 24.6 Å². The minimum atomic E-state index is -1.04. The van der Waals surface area contributed by atoms with Gasteiger partial charge in [-0.15, -0.1) is 0 Å². The third kappa shape index (κ3) is 4.33. The number of rotatable bonds is 7. The smallest absolute Gasteiger partial charge is 0.335 e. The highest BCUT2D eigenvalue weighted by Gasteiger charge is 2.14. The molecule has 2 aromatic carbocycles. The number of ether oxygens (including phenoxy) is 1. The maximum absolute atomic E-state index is 12.9.